The number of carbonyl (C=O) groups excluding carboxylic acids is 1. The van der Waals surface area contributed by atoms with Gasteiger partial charge in [-0.3, -0.25) is 4.79 Å². The van der Waals surface area contributed by atoms with Crippen molar-refractivity contribution < 1.29 is 4.79 Å². The molecule has 0 N–H and O–H groups in total. The molecule has 16 heavy (non-hydrogen) atoms. The Labute approximate surface area is 96.3 Å². The Bertz CT molecular complexity index is 414. The summed E-state index contributed by atoms with van der Waals surface area (Å²) in [5.74, 6) is 0.944. The molecule has 2 heteroatoms. The molecular formula is C14H17NO. The molecule has 0 bridgehead atoms. The monoisotopic (exact) mass is 215 g/mol. The number of nitrogens with zero attached hydrogens (tertiary/aromatic N) is 1. The quantitative estimate of drug-likeness (QED) is 0.757. The van der Waals surface area contributed by atoms with Crippen LogP contribution in [0.25, 0.3) is 0 Å². The average molecular weight is 215 g/mol. The zero-order valence-corrected chi connectivity index (χ0v) is 9.65. The molecule has 0 aromatic heterocycles. The summed E-state index contributed by atoms with van der Waals surface area (Å²) in [6.45, 7) is 4.03. The summed E-state index contributed by atoms with van der Waals surface area (Å²) in [6.07, 6.45) is 2.12. The van der Waals surface area contributed by atoms with E-state index in [9.17, 15) is 4.79 Å². The van der Waals surface area contributed by atoms with Crippen LogP contribution in [0.15, 0.2) is 30.3 Å². The second-order valence-electron chi connectivity index (χ2n) is 4.99. The van der Waals surface area contributed by atoms with Crippen LogP contribution in [0.3, 0.4) is 0 Å². The van der Waals surface area contributed by atoms with Crippen LogP contribution in [0, 0.1) is 5.92 Å². The molecule has 2 unspecified atom stereocenters. The van der Waals surface area contributed by atoms with Crippen LogP contribution in [0.1, 0.15) is 25.3 Å². The van der Waals surface area contributed by atoms with Gasteiger partial charge in [0.1, 0.15) is 0 Å². The highest BCUT2D eigenvalue weighted by Gasteiger charge is 2.66. The van der Waals surface area contributed by atoms with Gasteiger partial charge in [0, 0.05) is 13.1 Å². The highest BCUT2D eigenvalue weighted by Crippen LogP contribution is 2.59. The number of piperidine rings is 1. The van der Waals surface area contributed by atoms with E-state index < -0.39 is 0 Å². The molecule has 2 nitrogen and oxygen atoms in total. The summed E-state index contributed by atoms with van der Waals surface area (Å²) in [6, 6.07) is 10.3. The topological polar surface area (TPSA) is 20.3 Å². The molecule has 0 radical (unpaired) electrons. The summed E-state index contributed by atoms with van der Waals surface area (Å²) in [5, 5.41) is 0. The molecule has 1 heterocycles. The van der Waals surface area contributed by atoms with Crippen LogP contribution in [-0.4, -0.2) is 23.9 Å². The number of benzene rings is 1. The molecule has 1 saturated carbocycles. The summed E-state index contributed by atoms with van der Waals surface area (Å²) < 4.78 is 0. The smallest absolute Gasteiger partial charge is 0.233 e. The minimum Gasteiger partial charge on any atom is -0.342 e. The molecule has 1 aliphatic heterocycles. The van der Waals surface area contributed by atoms with E-state index in [4.69, 9.17) is 0 Å². The van der Waals surface area contributed by atoms with Gasteiger partial charge in [0.05, 0.1) is 5.41 Å². The Morgan fingerprint density at radius 2 is 2.12 bits per heavy atom. The van der Waals surface area contributed by atoms with Crippen LogP contribution in [0.5, 0.6) is 0 Å². The Balaban J connectivity index is 1.90. The number of rotatable bonds is 3. The third-order valence-corrected chi connectivity index (χ3v) is 4.00. The summed E-state index contributed by atoms with van der Waals surface area (Å²) >= 11 is 0. The van der Waals surface area contributed by atoms with Crippen molar-refractivity contribution in [3.8, 4) is 0 Å². The highest BCUT2D eigenvalue weighted by molar-refractivity contribution is 5.94. The molecule has 2 aliphatic rings. The first-order valence-corrected chi connectivity index (χ1v) is 6.14. The molecule has 3 rings (SSSR count). The maximum absolute atomic E-state index is 12.4. The normalized spacial score (nSPS) is 31.7. The van der Waals surface area contributed by atoms with E-state index in [0.717, 1.165) is 25.9 Å². The lowest BCUT2D eigenvalue weighted by Crippen LogP contribution is -2.34. The van der Waals surface area contributed by atoms with Gasteiger partial charge >= 0.3 is 0 Å². The number of hydrogen-bond acceptors (Lipinski definition) is 1. The fourth-order valence-corrected chi connectivity index (χ4v) is 3.12. The Kier molecular flexibility index (Phi) is 2.06. The van der Waals surface area contributed by atoms with Gasteiger partial charge in [0.2, 0.25) is 5.91 Å². The van der Waals surface area contributed by atoms with Gasteiger partial charge in [-0.2, -0.15) is 0 Å². The summed E-state index contributed by atoms with van der Waals surface area (Å²) in [7, 11) is 0. The molecule has 2 atom stereocenters. The second kappa shape index (κ2) is 3.34. The molecule has 1 amide bonds. The largest absolute Gasteiger partial charge is 0.342 e. The molecule has 1 aromatic rings. The molecule has 1 saturated heterocycles. The Morgan fingerprint density at radius 3 is 2.81 bits per heavy atom. The fourth-order valence-electron chi connectivity index (χ4n) is 3.12. The van der Waals surface area contributed by atoms with Crippen molar-refractivity contribution in [2.24, 2.45) is 5.92 Å². The van der Waals surface area contributed by atoms with E-state index in [0.29, 0.717) is 11.8 Å². The van der Waals surface area contributed by atoms with Crippen molar-refractivity contribution in [2.75, 3.05) is 13.1 Å². The zero-order valence-electron chi connectivity index (χ0n) is 9.65. The van der Waals surface area contributed by atoms with E-state index in [1.807, 2.05) is 23.1 Å². The molecule has 1 aliphatic carbocycles. The molecule has 2 fully saturated rings. The number of fused-ring (bicyclic) bond motifs is 1. The van der Waals surface area contributed by atoms with Gasteiger partial charge in [-0.1, -0.05) is 37.3 Å². The van der Waals surface area contributed by atoms with Crippen LogP contribution in [-0.2, 0) is 10.2 Å². The minimum absolute atomic E-state index is 0.129. The maximum atomic E-state index is 12.4. The maximum Gasteiger partial charge on any atom is 0.233 e. The third-order valence-electron chi connectivity index (χ3n) is 4.00. The Morgan fingerprint density at radius 1 is 1.38 bits per heavy atom. The van der Waals surface area contributed by atoms with Crippen molar-refractivity contribution in [3.05, 3.63) is 35.9 Å². The average Bonchev–Trinajstić information content (AvgIpc) is 2.98. The predicted octanol–water partition coefficient (Wildman–Crippen LogP) is 2.20. The first-order chi connectivity index (χ1) is 7.79. The lowest BCUT2D eigenvalue weighted by Gasteiger charge is -2.20. The van der Waals surface area contributed by atoms with Crippen LogP contribution < -0.4 is 0 Å². The van der Waals surface area contributed by atoms with E-state index in [1.54, 1.807) is 0 Å². The summed E-state index contributed by atoms with van der Waals surface area (Å²) in [4.78, 5) is 14.4. The standard InChI is InChI=1S/C14H17NO/c1-2-8-15-10-12-9-14(12,13(15)16)11-6-4-3-5-7-11/h3-7,12H,2,8-10H2,1H3. The van der Waals surface area contributed by atoms with E-state index in [2.05, 4.69) is 19.1 Å². The predicted molar refractivity (Wildman–Crippen MR) is 63.1 cm³/mol. The van der Waals surface area contributed by atoms with Crippen molar-refractivity contribution in [1.82, 2.24) is 4.90 Å². The highest BCUT2D eigenvalue weighted by atomic mass is 16.2. The summed E-state index contributed by atoms with van der Waals surface area (Å²) in [5.41, 5.74) is 1.10. The van der Waals surface area contributed by atoms with E-state index in [1.165, 1.54) is 5.56 Å². The van der Waals surface area contributed by atoms with Gasteiger partial charge in [-0.05, 0) is 24.3 Å². The van der Waals surface area contributed by atoms with Crippen molar-refractivity contribution in [1.29, 1.82) is 0 Å². The fraction of sp³-hybridized carbons (Fsp3) is 0.500. The lowest BCUT2D eigenvalue weighted by molar-refractivity contribution is -0.131. The second-order valence-corrected chi connectivity index (χ2v) is 4.99. The van der Waals surface area contributed by atoms with Crippen LogP contribution in [0.2, 0.25) is 0 Å². The molecule has 0 spiro atoms. The molecule has 1 aromatic carbocycles. The van der Waals surface area contributed by atoms with Crippen molar-refractivity contribution in [3.63, 3.8) is 0 Å². The zero-order chi connectivity index (χ0) is 11.2. The van der Waals surface area contributed by atoms with E-state index >= 15 is 0 Å². The third kappa shape index (κ3) is 1.16. The van der Waals surface area contributed by atoms with Gasteiger partial charge < -0.3 is 4.90 Å². The van der Waals surface area contributed by atoms with Crippen molar-refractivity contribution in [2.45, 2.75) is 25.2 Å². The van der Waals surface area contributed by atoms with Gasteiger partial charge in [0.15, 0.2) is 0 Å². The van der Waals surface area contributed by atoms with Gasteiger partial charge in [-0.25, -0.2) is 0 Å². The van der Waals surface area contributed by atoms with Gasteiger partial charge in [0.25, 0.3) is 0 Å². The van der Waals surface area contributed by atoms with Crippen LogP contribution >= 0.6 is 0 Å². The number of amides is 1. The number of likely N-dealkylation sites (tertiary alicyclic amines) is 1. The van der Waals surface area contributed by atoms with Gasteiger partial charge in [-0.15, -0.1) is 0 Å². The number of hydrogen-bond donors (Lipinski definition) is 0. The van der Waals surface area contributed by atoms with Crippen molar-refractivity contribution >= 4 is 5.91 Å². The van der Waals surface area contributed by atoms with Crippen LogP contribution in [0.4, 0.5) is 0 Å². The molecular weight excluding hydrogens is 198 g/mol. The Hall–Kier alpha value is -1.31. The first-order valence-electron chi connectivity index (χ1n) is 6.14. The lowest BCUT2D eigenvalue weighted by atomic mass is 9.94. The first kappa shape index (κ1) is 9.88. The minimum atomic E-state index is -0.129. The SMILES string of the molecule is CCCN1CC2CC2(c2ccccc2)C1=O. The number of carbonyl (C=O) groups is 1. The van der Waals surface area contributed by atoms with E-state index in [-0.39, 0.29) is 5.41 Å². The molecule has 84 valence electrons.